The Balaban J connectivity index is 1.84. The molecule has 1 N–H and O–H groups in total. The van der Waals surface area contributed by atoms with Gasteiger partial charge in [0.05, 0.1) is 11.8 Å². The summed E-state index contributed by atoms with van der Waals surface area (Å²) in [7, 11) is -3.60. The van der Waals surface area contributed by atoms with Crippen molar-refractivity contribution in [2.75, 3.05) is 13.1 Å². The summed E-state index contributed by atoms with van der Waals surface area (Å²) < 4.78 is 28.4. The van der Waals surface area contributed by atoms with E-state index in [0.29, 0.717) is 25.1 Å². The van der Waals surface area contributed by atoms with Gasteiger partial charge in [0.2, 0.25) is 10.0 Å². The maximum absolute atomic E-state index is 12.7. The molecule has 1 saturated heterocycles. The zero-order valence-electron chi connectivity index (χ0n) is 13.3. The Labute approximate surface area is 140 Å². The van der Waals surface area contributed by atoms with Gasteiger partial charge in [0.25, 0.3) is 0 Å². The van der Waals surface area contributed by atoms with Crippen LogP contribution in [0.3, 0.4) is 0 Å². The van der Waals surface area contributed by atoms with Gasteiger partial charge in [-0.3, -0.25) is 4.68 Å². The molecular formula is C16H19N3O4S. The van der Waals surface area contributed by atoms with Crippen LogP contribution in [0.15, 0.2) is 41.6 Å². The number of carboxylic acids is 1. The minimum absolute atomic E-state index is 0.117. The summed E-state index contributed by atoms with van der Waals surface area (Å²) in [4.78, 5) is 11.5. The van der Waals surface area contributed by atoms with Gasteiger partial charge in [0, 0.05) is 25.8 Å². The molecule has 2 aromatic rings. The molecule has 0 aliphatic carbocycles. The van der Waals surface area contributed by atoms with Crippen LogP contribution in [0.1, 0.15) is 35.2 Å². The lowest BCUT2D eigenvalue weighted by Crippen LogP contribution is -2.28. The van der Waals surface area contributed by atoms with Crippen molar-refractivity contribution >= 4 is 16.0 Å². The lowest BCUT2D eigenvalue weighted by Gasteiger charge is -2.16. The van der Waals surface area contributed by atoms with Gasteiger partial charge in [-0.1, -0.05) is 18.2 Å². The number of aryl methyl sites for hydroxylation is 1. The number of nitrogens with zero attached hydrogens (tertiary/aromatic N) is 3. The number of carbonyl (C=O) groups is 1. The minimum atomic E-state index is -3.60. The summed E-state index contributed by atoms with van der Waals surface area (Å²) in [5.74, 6) is -1.11. The molecule has 1 aromatic heterocycles. The van der Waals surface area contributed by atoms with Crippen LogP contribution >= 0.6 is 0 Å². The number of carboxylic acid groups (broad SMARTS) is 1. The van der Waals surface area contributed by atoms with Crippen molar-refractivity contribution in [3.63, 3.8) is 0 Å². The maximum atomic E-state index is 12.7. The first kappa shape index (κ1) is 16.7. The van der Waals surface area contributed by atoms with E-state index in [1.54, 1.807) is 28.9 Å². The number of aromatic carboxylic acids is 1. The lowest BCUT2D eigenvalue weighted by atomic mass is 9.93. The first-order chi connectivity index (χ1) is 11.4. The topological polar surface area (TPSA) is 92.5 Å². The Hall–Kier alpha value is -2.19. The number of aromatic nitrogens is 2. The molecule has 0 unspecified atom stereocenters. The van der Waals surface area contributed by atoms with Crippen molar-refractivity contribution in [2.45, 2.75) is 30.7 Å². The average molecular weight is 349 g/mol. The van der Waals surface area contributed by atoms with Crippen molar-refractivity contribution in [2.24, 2.45) is 0 Å². The smallest absolute Gasteiger partial charge is 0.335 e. The van der Waals surface area contributed by atoms with E-state index >= 15 is 0 Å². The van der Waals surface area contributed by atoms with Crippen molar-refractivity contribution in [3.8, 4) is 0 Å². The van der Waals surface area contributed by atoms with Crippen LogP contribution in [0.5, 0.6) is 0 Å². The Bertz CT molecular complexity index is 860. The summed E-state index contributed by atoms with van der Waals surface area (Å²) in [6.07, 6.45) is 3.48. The number of sulfonamides is 1. The van der Waals surface area contributed by atoms with E-state index in [1.807, 2.05) is 6.92 Å². The molecule has 1 aliphatic rings. The Morgan fingerprint density at radius 1 is 1.38 bits per heavy atom. The van der Waals surface area contributed by atoms with E-state index in [9.17, 15) is 18.3 Å². The second-order valence-corrected chi connectivity index (χ2v) is 7.71. The molecule has 1 aliphatic heterocycles. The van der Waals surface area contributed by atoms with Crippen LogP contribution in [-0.2, 0) is 16.6 Å². The van der Waals surface area contributed by atoms with Gasteiger partial charge >= 0.3 is 5.97 Å². The van der Waals surface area contributed by atoms with Crippen molar-refractivity contribution in [1.82, 2.24) is 14.1 Å². The van der Waals surface area contributed by atoms with E-state index in [-0.39, 0.29) is 22.9 Å². The Morgan fingerprint density at radius 2 is 2.12 bits per heavy atom. The first-order valence-corrected chi connectivity index (χ1v) is 9.22. The highest BCUT2D eigenvalue weighted by Crippen LogP contribution is 2.32. The van der Waals surface area contributed by atoms with Gasteiger partial charge in [-0.15, -0.1) is 0 Å². The highest BCUT2D eigenvalue weighted by atomic mass is 32.2. The van der Waals surface area contributed by atoms with E-state index in [2.05, 4.69) is 5.10 Å². The fourth-order valence-electron chi connectivity index (χ4n) is 3.05. The fraction of sp³-hybridized carbons (Fsp3) is 0.375. The second kappa shape index (κ2) is 6.37. The zero-order chi connectivity index (χ0) is 17.3. The SMILES string of the molecule is CCn1cc(S(=O)(=O)N2CC[C@H](c3ccccc3C(=O)O)C2)cn1. The molecule has 1 aromatic carbocycles. The van der Waals surface area contributed by atoms with Crippen LogP contribution in [0.2, 0.25) is 0 Å². The molecule has 128 valence electrons. The fourth-order valence-corrected chi connectivity index (χ4v) is 4.50. The van der Waals surface area contributed by atoms with Gasteiger partial charge in [-0.25, -0.2) is 13.2 Å². The lowest BCUT2D eigenvalue weighted by molar-refractivity contribution is 0.0695. The van der Waals surface area contributed by atoms with E-state index in [4.69, 9.17) is 0 Å². The van der Waals surface area contributed by atoms with Gasteiger partial charge < -0.3 is 5.11 Å². The highest BCUT2D eigenvalue weighted by Gasteiger charge is 2.35. The summed E-state index contributed by atoms with van der Waals surface area (Å²) in [5, 5.41) is 13.3. The average Bonchev–Trinajstić information content (AvgIpc) is 3.24. The van der Waals surface area contributed by atoms with Gasteiger partial charge in [0.15, 0.2) is 0 Å². The predicted octanol–water partition coefficient (Wildman–Crippen LogP) is 1.78. The molecule has 1 atom stereocenters. The molecule has 0 bridgehead atoms. The van der Waals surface area contributed by atoms with Crippen LogP contribution in [0.25, 0.3) is 0 Å². The van der Waals surface area contributed by atoms with E-state index in [1.165, 1.54) is 16.7 Å². The largest absolute Gasteiger partial charge is 0.478 e. The monoisotopic (exact) mass is 349 g/mol. The normalized spacial score (nSPS) is 18.8. The molecular weight excluding hydrogens is 330 g/mol. The van der Waals surface area contributed by atoms with E-state index < -0.39 is 16.0 Å². The zero-order valence-corrected chi connectivity index (χ0v) is 14.1. The summed E-state index contributed by atoms with van der Waals surface area (Å²) in [6, 6.07) is 6.78. The van der Waals surface area contributed by atoms with Gasteiger partial charge in [0.1, 0.15) is 4.90 Å². The molecule has 8 heteroatoms. The van der Waals surface area contributed by atoms with Crippen molar-refractivity contribution < 1.29 is 18.3 Å². The Kier molecular flexibility index (Phi) is 4.42. The Morgan fingerprint density at radius 3 is 2.79 bits per heavy atom. The van der Waals surface area contributed by atoms with Crippen LogP contribution < -0.4 is 0 Å². The second-order valence-electron chi connectivity index (χ2n) is 5.77. The molecule has 7 nitrogen and oxygen atoms in total. The highest BCUT2D eigenvalue weighted by molar-refractivity contribution is 7.89. The van der Waals surface area contributed by atoms with E-state index in [0.717, 1.165) is 0 Å². The molecule has 0 radical (unpaired) electrons. The minimum Gasteiger partial charge on any atom is -0.478 e. The van der Waals surface area contributed by atoms with Crippen molar-refractivity contribution in [3.05, 3.63) is 47.8 Å². The summed E-state index contributed by atoms with van der Waals surface area (Å²) in [6.45, 7) is 3.14. The molecule has 0 amide bonds. The molecule has 1 fully saturated rings. The van der Waals surface area contributed by atoms with Crippen molar-refractivity contribution in [1.29, 1.82) is 0 Å². The summed E-state index contributed by atoms with van der Waals surface area (Å²) >= 11 is 0. The molecule has 0 saturated carbocycles. The third-order valence-corrected chi connectivity index (χ3v) is 6.17. The van der Waals surface area contributed by atoms with Crippen LogP contribution in [0.4, 0.5) is 0 Å². The van der Waals surface area contributed by atoms with Gasteiger partial charge in [-0.05, 0) is 30.9 Å². The molecule has 2 heterocycles. The number of benzene rings is 1. The molecule has 3 rings (SSSR count). The predicted molar refractivity (Wildman–Crippen MR) is 87.4 cm³/mol. The van der Waals surface area contributed by atoms with Gasteiger partial charge in [-0.2, -0.15) is 9.40 Å². The third-order valence-electron chi connectivity index (χ3n) is 4.35. The molecule has 0 spiro atoms. The number of hydrogen-bond donors (Lipinski definition) is 1. The third kappa shape index (κ3) is 2.94. The standard InChI is InChI=1S/C16H19N3O4S/c1-2-18-11-13(9-17-18)24(22,23)19-8-7-12(10-19)14-5-3-4-6-15(14)16(20)21/h3-6,9,11-12H,2,7-8,10H2,1H3,(H,20,21)/t12-/m0/s1. The number of rotatable bonds is 5. The summed E-state index contributed by atoms with van der Waals surface area (Å²) in [5.41, 5.74) is 0.924. The molecule has 24 heavy (non-hydrogen) atoms. The van der Waals surface area contributed by atoms with Crippen LogP contribution in [0, 0.1) is 0 Å². The first-order valence-electron chi connectivity index (χ1n) is 7.78. The quantitative estimate of drug-likeness (QED) is 0.888. The number of hydrogen-bond acceptors (Lipinski definition) is 4. The van der Waals surface area contributed by atoms with Crippen LogP contribution in [-0.4, -0.2) is 46.7 Å². The maximum Gasteiger partial charge on any atom is 0.335 e.